The molecule has 0 spiro atoms. The van der Waals surface area contributed by atoms with Crippen LogP contribution in [0, 0.1) is 12.3 Å². The van der Waals surface area contributed by atoms with Crippen LogP contribution >= 0.6 is 0 Å². The third-order valence-corrected chi connectivity index (χ3v) is 3.91. The molecule has 1 saturated carbocycles. The number of aryl methyl sites for hydroxylation is 1. The number of amides is 1. The zero-order chi connectivity index (χ0) is 14.9. The van der Waals surface area contributed by atoms with Gasteiger partial charge in [0.15, 0.2) is 0 Å². The number of nitrogens with two attached hydrogens (primary N) is 1. The van der Waals surface area contributed by atoms with Crippen molar-refractivity contribution in [2.45, 2.75) is 59.2 Å². The van der Waals surface area contributed by atoms with E-state index in [1.54, 1.807) is 0 Å². The zero-order valence-electron chi connectivity index (χ0n) is 13.0. The lowest BCUT2D eigenvalue weighted by Gasteiger charge is -2.32. The van der Waals surface area contributed by atoms with Crippen LogP contribution in [0.4, 0.5) is 0 Å². The van der Waals surface area contributed by atoms with Crippen LogP contribution in [0.25, 0.3) is 0 Å². The summed E-state index contributed by atoms with van der Waals surface area (Å²) in [7, 11) is 0. The molecule has 0 unspecified atom stereocenters. The summed E-state index contributed by atoms with van der Waals surface area (Å²) in [5.41, 5.74) is 8.37. The summed E-state index contributed by atoms with van der Waals surface area (Å²) >= 11 is 0. The third-order valence-electron chi connectivity index (χ3n) is 3.91. The monoisotopic (exact) mass is 274 g/mol. The van der Waals surface area contributed by atoms with Gasteiger partial charge >= 0.3 is 0 Å². The first-order valence-corrected chi connectivity index (χ1v) is 7.40. The maximum Gasteiger partial charge on any atom is 0.240 e. The van der Waals surface area contributed by atoms with Crippen molar-refractivity contribution < 1.29 is 4.79 Å². The van der Waals surface area contributed by atoms with Gasteiger partial charge in [0.25, 0.3) is 0 Å². The van der Waals surface area contributed by atoms with E-state index in [9.17, 15) is 4.79 Å². The van der Waals surface area contributed by atoms with Gasteiger partial charge in [0.1, 0.15) is 0 Å². The van der Waals surface area contributed by atoms with Crippen LogP contribution < -0.4 is 5.73 Å². The molecule has 0 radical (unpaired) electrons. The van der Waals surface area contributed by atoms with E-state index in [0.29, 0.717) is 12.6 Å². The van der Waals surface area contributed by atoms with Crippen molar-refractivity contribution in [2.24, 2.45) is 11.1 Å². The number of benzene rings is 1. The molecule has 1 atom stereocenters. The zero-order valence-corrected chi connectivity index (χ0v) is 13.0. The highest BCUT2D eigenvalue weighted by molar-refractivity contribution is 5.83. The number of rotatable bonds is 4. The van der Waals surface area contributed by atoms with Crippen LogP contribution in [0.2, 0.25) is 0 Å². The molecular weight excluding hydrogens is 248 g/mol. The summed E-state index contributed by atoms with van der Waals surface area (Å²) in [5, 5.41) is 0. The molecule has 3 heteroatoms. The largest absolute Gasteiger partial charge is 0.334 e. The number of carbonyl (C=O) groups excluding carboxylic acids is 1. The molecular formula is C17H26N2O. The molecule has 1 aromatic rings. The van der Waals surface area contributed by atoms with E-state index < -0.39 is 6.04 Å². The average molecular weight is 274 g/mol. The standard InChI is InChI=1S/C17H26N2O/c1-12-6-5-7-13(10-12)11-19(14-8-9-14)16(20)15(18)17(2,3)4/h5-7,10,14-15H,8-9,11,18H2,1-4H3/t15-/m1/s1. The van der Waals surface area contributed by atoms with E-state index in [4.69, 9.17) is 5.73 Å². The Morgan fingerprint density at radius 3 is 2.55 bits per heavy atom. The predicted molar refractivity (Wildman–Crippen MR) is 82.2 cm³/mol. The molecule has 1 amide bonds. The van der Waals surface area contributed by atoms with Gasteiger partial charge < -0.3 is 10.6 Å². The Balaban J connectivity index is 2.14. The van der Waals surface area contributed by atoms with E-state index in [-0.39, 0.29) is 11.3 Å². The predicted octanol–water partition coefficient (Wildman–Crippen LogP) is 2.86. The Kier molecular flexibility index (Phi) is 4.19. The van der Waals surface area contributed by atoms with E-state index in [0.717, 1.165) is 12.8 Å². The van der Waals surface area contributed by atoms with Crippen molar-refractivity contribution in [2.75, 3.05) is 0 Å². The molecule has 2 N–H and O–H groups in total. The highest BCUT2D eigenvalue weighted by Crippen LogP contribution is 2.31. The number of nitrogens with zero attached hydrogens (tertiary/aromatic N) is 1. The van der Waals surface area contributed by atoms with E-state index in [2.05, 4.69) is 25.1 Å². The van der Waals surface area contributed by atoms with Crippen molar-refractivity contribution in [3.63, 3.8) is 0 Å². The molecule has 20 heavy (non-hydrogen) atoms. The van der Waals surface area contributed by atoms with E-state index >= 15 is 0 Å². The lowest BCUT2D eigenvalue weighted by atomic mass is 9.86. The van der Waals surface area contributed by atoms with Crippen molar-refractivity contribution >= 4 is 5.91 Å². The van der Waals surface area contributed by atoms with Crippen molar-refractivity contribution in [3.8, 4) is 0 Å². The van der Waals surface area contributed by atoms with Gasteiger partial charge in [-0.15, -0.1) is 0 Å². The molecule has 0 heterocycles. The van der Waals surface area contributed by atoms with Crippen LogP contribution in [-0.2, 0) is 11.3 Å². The van der Waals surface area contributed by atoms with Crippen LogP contribution in [0.5, 0.6) is 0 Å². The average Bonchev–Trinajstić information content (AvgIpc) is 3.17. The molecule has 1 aliphatic rings. The lowest BCUT2D eigenvalue weighted by Crippen LogP contribution is -2.50. The van der Waals surface area contributed by atoms with Crippen molar-refractivity contribution in [1.82, 2.24) is 4.90 Å². The molecule has 0 aromatic heterocycles. The van der Waals surface area contributed by atoms with Gasteiger partial charge in [0.2, 0.25) is 5.91 Å². The Morgan fingerprint density at radius 1 is 1.40 bits per heavy atom. The Bertz CT molecular complexity index is 486. The van der Waals surface area contributed by atoms with Gasteiger partial charge in [-0.2, -0.15) is 0 Å². The minimum atomic E-state index is -0.437. The van der Waals surface area contributed by atoms with Crippen LogP contribution in [0.15, 0.2) is 24.3 Å². The van der Waals surface area contributed by atoms with Gasteiger partial charge in [-0.1, -0.05) is 50.6 Å². The normalized spacial score (nSPS) is 16.9. The van der Waals surface area contributed by atoms with Gasteiger partial charge in [-0.05, 0) is 30.7 Å². The first-order chi connectivity index (χ1) is 9.29. The fourth-order valence-electron chi connectivity index (χ4n) is 2.33. The summed E-state index contributed by atoms with van der Waals surface area (Å²) in [5.74, 6) is 0.0847. The van der Waals surface area contributed by atoms with Crippen LogP contribution in [0.1, 0.15) is 44.7 Å². The number of hydrogen-bond donors (Lipinski definition) is 1. The SMILES string of the molecule is Cc1cccc(CN(C(=O)[C@@H](N)C(C)(C)C)C2CC2)c1. The summed E-state index contributed by atoms with van der Waals surface area (Å²) in [6.45, 7) is 8.82. The fourth-order valence-corrected chi connectivity index (χ4v) is 2.33. The minimum absolute atomic E-state index is 0.0847. The number of carbonyl (C=O) groups is 1. The molecule has 3 nitrogen and oxygen atoms in total. The van der Waals surface area contributed by atoms with Gasteiger partial charge in [0.05, 0.1) is 6.04 Å². The summed E-state index contributed by atoms with van der Waals surface area (Å²) in [4.78, 5) is 14.6. The summed E-state index contributed by atoms with van der Waals surface area (Å²) in [6, 6.07) is 8.30. The van der Waals surface area contributed by atoms with E-state index in [1.807, 2.05) is 31.7 Å². The Hall–Kier alpha value is -1.35. The van der Waals surface area contributed by atoms with Gasteiger partial charge in [0, 0.05) is 12.6 Å². The first kappa shape index (κ1) is 15.0. The van der Waals surface area contributed by atoms with E-state index in [1.165, 1.54) is 11.1 Å². The number of hydrogen-bond acceptors (Lipinski definition) is 2. The fraction of sp³-hybridized carbons (Fsp3) is 0.588. The minimum Gasteiger partial charge on any atom is -0.334 e. The second kappa shape index (κ2) is 5.57. The lowest BCUT2D eigenvalue weighted by molar-refractivity contribution is -0.136. The summed E-state index contributed by atoms with van der Waals surface area (Å²) in [6.07, 6.45) is 2.21. The smallest absolute Gasteiger partial charge is 0.240 e. The highest BCUT2D eigenvalue weighted by Gasteiger charge is 2.38. The highest BCUT2D eigenvalue weighted by atomic mass is 16.2. The quantitative estimate of drug-likeness (QED) is 0.917. The molecule has 0 saturated heterocycles. The van der Waals surface area contributed by atoms with Crippen molar-refractivity contribution in [3.05, 3.63) is 35.4 Å². The van der Waals surface area contributed by atoms with Crippen LogP contribution in [-0.4, -0.2) is 22.9 Å². The molecule has 0 aliphatic heterocycles. The maximum absolute atomic E-state index is 12.7. The van der Waals surface area contributed by atoms with Gasteiger partial charge in [-0.3, -0.25) is 4.79 Å². The van der Waals surface area contributed by atoms with Crippen molar-refractivity contribution in [1.29, 1.82) is 0 Å². The summed E-state index contributed by atoms with van der Waals surface area (Å²) < 4.78 is 0. The molecule has 1 aromatic carbocycles. The molecule has 0 bridgehead atoms. The molecule has 110 valence electrons. The maximum atomic E-state index is 12.7. The molecule has 2 rings (SSSR count). The second-order valence-corrected chi connectivity index (χ2v) is 7.03. The molecule has 1 fully saturated rings. The van der Waals surface area contributed by atoms with Crippen LogP contribution in [0.3, 0.4) is 0 Å². The topological polar surface area (TPSA) is 46.3 Å². The Morgan fingerprint density at radius 2 is 2.05 bits per heavy atom. The van der Waals surface area contributed by atoms with Gasteiger partial charge in [-0.25, -0.2) is 0 Å². The Labute approximate surface area is 122 Å². The third kappa shape index (κ3) is 3.60. The first-order valence-electron chi connectivity index (χ1n) is 7.40. The molecule has 1 aliphatic carbocycles. The second-order valence-electron chi connectivity index (χ2n) is 7.03.